The van der Waals surface area contributed by atoms with Gasteiger partial charge >= 0.3 is 6.18 Å². The van der Waals surface area contributed by atoms with E-state index in [2.05, 4.69) is 15.0 Å². The van der Waals surface area contributed by atoms with Crippen molar-refractivity contribution in [1.82, 2.24) is 20.4 Å². The molecular weight excluding hydrogens is 401 g/mol. The van der Waals surface area contributed by atoms with E-state index in [1.165, 1.54) is 30.0 Å². The fourth-order valence-corrected chi connectivity index (χ4v) is 2.74. The first-order chi connectivity index (χ1) is 14.3. The van der Waals surface area contributed by atoms with Crippen LogP contribution < -0.4 is 16.1 Å². The highest BCUT2D eigenvalue weighted by Gasteiger charge is 2.30. The van der Waals surface area contributed by atoms with Gasteiger partial charge in [-0.15, -0.1) is 0 Å². The summed E-state index contributed by atoms with van der Waals surface area (Å²) in [6, 6.07) is 9.48. The number of carbonyl (C=O) groups is 1. The Bertz CT molecular complexity index is 1030. The van der Waals surface area contributed by atoms with Crippen molar-refractivity contribution in [3.63, 3.8) is 0 Å². The largest absolute Gasteiger partial charge is 0.416 e. The van der Waals surface area contributed by atoms with Crippen molar-refractivity contribution >= 4 is 23.4 Å². The van der Waals surface area contributed by atoms with Crippen LogP contribution in [0, 0.1) is 0 Å². The van der Waals surface area contributed by atoms with Crippen LogP contribution in [0.15, 0.2) is 54.9 Å². The molecule has 0 bridgehead atoms. The van der Waals surface area contributed by atoms with Gasteiger partial charge in [0.05, 0.1) is 11.3 Å². The highest BCUT2D eigenvalue weighted by Crippen LogP contribution is 2.33. The summed E-state index contributed by atoms with van der Waals surface area (Å²) in [5, 5.41) is 8.75. The smallest absolute Gasteiger partial charge is 0.368 e. The number of nitrogen functional groups attached to an aromatic ring is 1. The summed E-state index contributed by atoms with van der Waals surface area (Å²) in [6.07, 6.45) is -1.59. The number of nitrogens with one attached hydrogen (secondary N) is 1. The van der Waals surface area contributed by atoms with Gasteiger partial charge in [-0.25, -0.2) is 20.4 Å². The van der Waals surface area contributed by atoms with Gasteiger partial charge in [0.25, 0.3) is 0 Å². The van der Waals surface area contributed by atoms with Crippen molar-refractivity contribution in [2.45, 2.75) is 12.6 Å². The summed E-state index contributed by atoms with van der Waals surface area (Å²) in [7, 11) is 0. The van der Waals surface area contributed by atoms with Gasteiger partial charge in [0.15, 0.2) is 0 Å². The van der Waals surface area contributed by atoms with Crippen LogP contribution in [0.5, 0.6) is 0 Å². The molecule has 30 heavy (non-hydrogen) atoms. The summed E-state index contributed by atoms with van der Waals surface area (Å²) < 4.78 is 38.7. The van der Waals surface area contributed by atoms with Crippen molar-refractivity contribution in [3.8, 4) is 11.3 Å². The lowest BCUT2D eigenvalue weighted by molar-refractivity contribution is -0.137. The van der Waals surface area contributed by atoms with Crippen molar-refractivity contribution < 1.29 is 23.2 Å². The number of alkyl halides is 3. The standard InChI is InChI=1S/C19H17F3N6O2/c20-19(21,22)13-1-3-14(4-2-13)28(10-7-17(29)27-30)16-11-12(5-8-24-16)15-6-9-25-18(23)26-15/h1-6,8-9,11,30H,7,10H2,(H,27,29)(H2,23,25,26). The molecule has 3 aromatic rings. The Labute approximate surface area is 169 Å². The number of hydrogen-bond donors (Lipinski definition) is 3. The quantitative estimate of drug-likeness (QED) is 0.416. The number of anilines is 3. The Morgan fingerprint density at radius 2 is 1.80 bits per heavy atom. The van der Waals surface area contributed by atoms with Crippen molar-refractivity contribution in [1.29, 1.82) is 0 Å². The molecule has 0 unspecified atom stereocenters. The summed E-state index contributed by atoms with van der Waals surface area (Å²) in [4.78, 5) is 25.3. The van der Waals surface area contributed by atoms with Gasteiger partial charge in [-0.3, -0.25) is 10.0 Å². The molecule has 0 aliphatic rings. The number of rotatable bonds is 6. The van der Waals surface area contributed by atoms with Gasteiger partial charge in [0, 0.05) is 36.6 Å². The van der Waals surface area contributed by atoms with Crippen LogP contribution in [0.2, 0.25) is 0 Å². The van der Waals surface area contributed by atoms with E-state index in [1.807, 2.05) is 0 Å². The van der Waals surface area contributed by atoms with Crippen LogP contribution >= 0.6 is 0 Å². The molecule has 2 aromatic heterocycles. The lowest BCUT2D eigenvalue weighted by atomic mass is 10.1. The highest BCUT2D eigenvalue weighted by molar-refractivity contribution is 5.76. The molecule has 0 aliphatic carbocycles. The SMILES string of the molecule is Nc1nccc(-c2ccnc(N(CCC(=O)NO)c3ccc(C(F)(F)F)cc3)c2)n1. The molecule has 8 nitrogen and oxygen atoms in total. The van der Waals surface area contributed by atoms with Gasteiger partial charge in [-0.2, -0.15) is 13.2 Å². The van der Waals surface area contributed by atoms with Crippen LogP contribution in [-0.2, 0) is 11.0 Å². The monoisotopic (exact) mass is 418 g/mol. The average Bonchev–Trinajstić information content (AvgIpc) is 2.73. The summed E-state index contributed by atoms with van der Waals surface area (Å²) in [5.41, 5.74) is 7.93. The van der Waals surface area contributed by atoms with Crippen LogP contribution in [0.25, 0.3) is 11.3 Å². The first kappa shape index (κ1) is 21.0. The van der Waals surface area contributed by atoms with Crippen LogP contribution in [0.3, 0.4) is 0 Å². The first-order valence-corrected chi connectivity index (χ1v) is 8.70. The third-order valence-electron chi connectivity index (χ3n) is 4.19. The number of aromatic nitrogens is 3. The minimum Gasteiger partial charge on any atom is -0.368 e. The third kappa shape index (κ3) is 5.00. The molecule has 0 fully saturated rings. The van der Waals surface area contributed by atoms with Gasteiger partial charge in [-0.05, 0) is 42.5 Å². The van der Waals surface area contributed by atoms with E-state index < -0.39 is 17.6 Å². The number of amides is 1. The van der Waals surface area contributed by atoms with Crippen LogP contribution in [0.1, 0.15) is 12.0 Å². The van der Waals surface area contributed by atoms with Gasteiger partial charge in [0.1, 0.15) is 5.82 Å². The number of carbonyl (C=O) groups excluding carboxylic acids is 1. The number of hydrogen-bond acceptors (Lipinski definition) is 7. The Kier molecular flexibility index (Phi) is 6.11. The third-order valence-corrected chi connectivity index (χ3v) is 4.19. The van der Waals surface area contributed by atoms with E-state index in [4.69, 9.17) is 10.9 Å². The topological polar surface area (TPSA) is 117 Å². The number of halogens is 3. The Morgan fingerprint density at radius 3 is 2.43 bits per heavy atom. The van der Waals surface area contributed by atoms with E-state index in [-0.39, 0.29) is 18.9 Å². The maximum Gasteiger partial charge on any atom is 0.416 e. The zero-order valence-corrected chi connectivity index (χ0v) is 15.5. The van der Waals surface area contributed by atoms with E-state index in [0.717, 1.165) is 12.1 Å². The van der Waals surface area contributed by atoms with E-state index in [9.17, 15) is 18.0 Å². The predicted molar refractivity (Wildman–Crippen MR) is 103 cm³/mol. The maximum absolute atomic E-state index is 12.9. The Balaban J connectivity index is 1.98. The second-order valence-electron chi connectivity index (χ2n) is 6.18. The molecule has 156 valence electrons. The summed E-state index contributed by atoms with van der Waals surface area (Å²) in [6.45, 7) is 0.0557. The molecule has 4 N–H and O–H groups in total. The van der Waals surface area contributed by atoms with Crippen molar-refractivity contribution in [2.75, 3.05) is 17.2 Å². The Morgan fingerprint density at radius 1 is 1.10 bits per heavy atom. The molecular formula is C19H17F3N6O2. The van der Waals surface area contributed by atoms with Crippen molar-refractivity contribution in [3.05, 3.63) is 60.4 Å². The molecule has 0 saturated heterocycles. The van der Waals surface area contributed by atoms with Gasteiger partial charge < -0.3 is 10.6 Å². The molecule has 1 amide bonds. The number of hydroxylamine groups is 1. The highest BCUT2D eigenvalue weighted by atomic mass is 19.4. The summed E-state index contributed by atoms with van der Waals surface area (Å²) >= 11 is 0. The molecule has 0 radical (unpaired) electrons. The van der Waals surface area contributed by atoms with E-state index in [1.54, 1.807) is 23.1 Å². The minimum absolute atomic E-state index is 0.0557. The molecule has 3 rings (SSSR count). The number of nitrogens with two attached hydrogens (primary N) is 1. The molecule has 2 heterocycles. The lowest BCUT2D eigenvalue weighted by Crippen LogP contribution is -2.27. The molecule has 0 spiro atoms. The second kappa shape index (κ2) is 8.74. The molecule has 0 saturated carbocycles. The maximum atomic E-state index is 12.9. The second-order valence-corrected chi connectivity index (χ2v) is 6.18. The Hall–Kier alpha value is -3.73. The number of pyridine rings is 1. The zero-order chi connectivity index (χ0) is 21.7. The van der Waals surface area contributed by atoms with Gasteiger partial charge in [-0.1, -0.05) is 0 Å². The lowest BCUT2D eigenvalue weighted by Gasteiger charge is -2.24. The number of benzene rings is 1. The minimum atomic E-state index is -4.47. The fraction of sp³-hybridized carbons (Fsp3) is 0.158. The number of nitrogens with zero attached hydrogens (tertiary/aromatic N) is 4. The molecule has 11 heteroatoms. The van der Waals surface area contributed by atoms with Gasteiger partial charge in [0.2, 0.25) is 11.9 Å². The summed E-state index contributed by atoms with van der Waals surface area (Å²) in [5.74, 6) is -0.188. The zero-order valence-electron chi connectivity index (χ0n) is 15.5. The average molecular weight is 418 g/mol. The van der Waals surface area contributed by atoms with Crippen LogP contribution in [-0.4, -0.2) is 32.6 Å². The molecule has 0 aliphatic heterocycles. The predicted octanol–water partition coefficient (Wildman–Crippen LogP) is 3.17. The normalized spacial score (nSPS) is 11.2. The fourth-order valence-electron chi connectivity index (χ4n) is 2.74. The van der Waals surface area contributed by atoms with Crippen LogP contribution in [0.4, 0.5) is 30.6 Å². The first-order valence-electron chi connectivity index (χ1n) is 8.70. The molecule has 0 atom stereocenters. The van der Waals surface area contributed by atoms with E-state index >= 15 is 0 Å². The molecule has 1 aromatic carbocycles. The van der Waals surface area contributed by atoms with E-state index in [0.29, 0.717) is 22.8 Å². The van der Waals surface area contributed by atoms with Crippen molar-refractivity contribution in [2.24, 2.45) is 0 Å².